The molecular weight excluding hydrogens is 150 g/mol. The molecule has 11 heavy (non-hydrogen) atoms. The average molecular weight is 153 g/mol. The van der Waals surface area contributed by atoms with E-state index >= 15 is 0 Å². The summed E-state index contributed by atoms with van der Waals surface area (Å²) in [5, 5.41) is 12.3. The third kappa shape index (κ3) is 0.759. The Labute approximate surface area is 59.7 Å². The van der Waals surface area contributed by atoms with Crippen molar-refractivity contribution < 1.29 is 9.52 Å². The quantitative estimate of drug-likeness (QED) is 0.545. The molecule has 0 aliphatic carbocycles. The monoisotopic (exact) mass is 153 g/mol. The van der Waals surface area contributed by atoms with Crippen LogP contribution in [0.2, 0.25) is 0 Å². The number of aromatic hydroxyl groups is 1. The van der Waals surface area contributed by atoms with Crippen LogP contribution in [-0.4, -0.2) is 19.7 Å². The minimum absolute atomic E-state index is 0.0185. The Morgan fingerprint density at radius 2 is 2.45 bits per heavy atom. The van der Waals surface area contributed by atoms with Crippen LogP contribution in [0.15, 0.2) is 21.7 Å². The minimum Gasteiger partial charge on any atom is -0.493 e. The van der Waals surface area contributed by atoms with Gasteiger partial charge in [-0.1, -0.05) is 0 Å². The van der Waals surface area contributed by atoms with Crippen molar-refractivity contribution in [2.24, 2.45) is 0 Å². The van der Waals surface area contributed by atoms with E-state index in [2.05, 4.69) is 14.5 Å². The maximum atomic E-state index is 10.9. The van der Waals surface area contributed by atoms with Crippen molar-refractivity contribution in [2.75, 3.05) is 0 Å². The first-order valence-electron chi connectivity index (χ1n) is 2.80. The van der Waals surface area contributed by atoms with Gasteiger partial charge in [0, 0.05) is 0 Å². The van der Waals surface area contributed by atoms with E-state index in [0.29, 0.717) is 0 Å². The van der Waals surface area contributed by atoms with Crippen LogP contribution in [-0.2, 0) is 0 Å². The summed E-state index contributed by atoms with van der Waals surface area (Å²) in [4.78, 5) is 14.4. The first-order chi connectivity index (χ1) is 5.27. The predicted molar refractivity (Wildman–Crippen MR) is 33.2 cm³/mol. The van der Waals surface area contributed by atoms with Crippen LogP contribution in [0, 0.1) is 0 Å². The van der Waals surface area contributed by atoms with Gasteiger partial charge in [-0.15, -0.1) is 9.61 Å². The van der Waals surface area contributed by atoms with E-state index in [0.717, 1.165) is 17.0 Å². The van der Waals surface area contributed by atoms with Gasteiger partial charge in [0.2, 0.25) is 12.3 Å². The molecule has 2 aromatic rings. The normalized spacial score (nSPS) is 10.5. The second-order valence-corrected chi connectivity index (χ2v) is 1.89. The molecular formula is C5H3N3O3. The Morgan fingerprint density at radius 3 is 3.27 bits per heavy atom. The number of rotatable bonds is 0. The molecule has 0 aromatic carbocycles. The number of hydrogen-bond donors (Lipinski definition) is 1. The fourth-order valence-electron chi connectivity index (χ4n) is 0.744. The van der Waals surface area contributed by atoms with Crippen molar-refractivity contribution in [1.29, 1.82) is 0 Å². The van der Waals surface area contributed by atoms with Crippen molar-refractivity contribution >= 4 is 5.84 Å². The highest BCUT2D eigenvalue weighted by Crippen LogP contribution is 2.00. The molecule has 0 aliphatic rings. The van der Waals surface area contributed by atoms with E-state index in [-0.39, 0.29) is 11.7 Å². The van der Waals surface area contributed by atoms with Gasteiger partial charge >= 0.3 is 5.84 Å². The number of aromatic nitrogens is 3. The zero-order valence-corrected chi connectivity index (χ0v) is 5.26. The van der Waals surface area contributed by atoms with Gasteiger partial charge in [0.15, 0.2) is 0 Å². The van der Waals surface area contributed by atoms with Crippen molar-refractivity contribution in [3.63, 3.8) is 0 Å². The molecule has 2 aromatic heterocycles. The van der Waals surface area contributed by atoms with Crippen molar-refractivity contribution in [2.45, 2.75) is 0 Å². The largest absolute Gasteiger partial charge is 0.493 e. The zero-order valence-electron chi connectivity index (χ0n) is 5.26. The fourth-order valence-corrected chi connectivity index (χ4v) is 0.744. The molecule has 6 nitrogen and oxygen atoms in total. The van der Waals surface area contributed by atoms with E-state index in [1.54, 1.807) is 0 Å². The maximum absolute atomic E-state index is 10.9. The van der Waals surface area contributed by atoms with Crippen LogP contribution < -0.4 is 5.56 Å². The van der Waals surface area contributed by atoms with Gasteiger partial charge in [-0.2, -0.15) is 4.98 Å². The second-order valence-electron chi connectivity index (χ2n) is 1.89. The summed E-state index contributed by atoms with van der Waals surface area (Å²) in [5.41, 5.74) is -0.471. The molecule has 0 aliphatic heterocycles. The first-order valence-corrected chi connectivity index (χ1v) is 2.80. The van der Waals surface area contributed by atoms with Gasteiger partial charge in [-0.05, 0) is 0 Å². The van der Waals surface area contributed by atoms with E-state index < -0.39 is 5.56 Å². The SMILES string of the molecule is O=c1cc(O)nc2ocnn12. The van der Waals surface area contributed by atoms with E-state index in [1.807, 2.05) is 0 Å². The lowest BCUT2D eigenvalue weighted by atomic mass is 10.6. The Bertz CT molecular complexity index is 443. The predicted octanol–water partition coefficient (Wildman–Crippen LogP) is -0.612. The van der Waals surface area contributed by atoms with Gasteiger partial charge in [0.05, 0.1) is 6.07 Å². The van der Waals surface area contributed by atoms with E-state index in [1.165, 1.54) is 0 Å². The van der Waals surface area contributed by atoms with Crippen LogP contribution in [0.4, 0.5) is 0 Å². The van der Waals surface area contributed by atoms with Crippen molar-refractivity contribution in [1.82, 2.24) is 14.6 Å². The van der Waals surface area contributed by atoms with Crippen molar-refractivity contribution in [3.05, 3.63) is 22.8 Å². The molecule has 6 heteroatoms. The molecule has 1 N–H and O–H groups in total. The van der Waals surface area contributed by atoms with Crippen LogP contribution in [0.3, 0.4) is 0 Å². The molecule has 0 spiro atoms. The Kier molecular flexibility index (Phi) is 0.974. The first kappa shape index (κ1) is 5.90. The highest BCUT2D eigenvalue weighted by atomic mass is 16.4. The Balaban J connectivity index is 3.02. The maximum Gasteiger partial charge on any atom is 0.330 e. The molecule has 0 bridgehead atoms. The van der Waals surface area contributed by atoms with E-state index in [4.69, 9.17) is 5.11 Å². The molecule has 56 valence electrons. The number of fused-ring (bicyclic) bond motifs is 1. The fraction of sp³-hybridized carbons (Fsp3) is 0. The molecule has 0 saturated heterocycles. The summed E-state index contributed by atoms with van der Waals surface area (Å²) in [7, 11) is 0. The summed E-state index contributed by atoms with van der Waals surface area (Å²) < 4.78 is 5.60. The Morgan fingerprint density at radius 1 is 1.64 bits per heavy atom. The molecule has 0 saturated carbocycles. The highest BCUT2D eigenvalue weighted by Gasteiger charge is 2.02. The van der Waals surface area contributed by atoms with Gasteiger partial charge in [-0.25, -0.2) is 0 Å². The summed E-state index contributed by atoms with van der Waals surface area (Å²) in [6.07, 6.45) is 1.07. The summed E-state index contributed by atoms with van der Waals surface area (Å²) in [6.45, 7) is 0. The molecule has 0 unspecified atom stereocenters. The molecule has 0 fully saturated rings. The smallest absolute Gasteiger partial charge is 0.330 e. The van der Waals surface area contributed by atoms with Crippen LogP contribution in [0.25, 0.3) is 5.84 Å². The van der Waals surface area contributed by atoms with Crippen molar-refractivity contribution in [3.8, 4) is 5.88 Å². The van der Waals surface area contributed by atoms with Gasteiger partial charge in [-0.3, -0.25) is 4.79 Å². The lowest BCUT2D eigenvalue weighted by molar-refractivity contribution is 0.446. The number of hydrogen-bond acceptors (Lipinski definition) is 5. The molecule has 0 radical (unpaired) electrons. The lowest BCUT2D eigenvalue weighted by Gasteiger charge is -1.87. The summed E-state index contributed by atoms with van der Waals surface area (Å²) >= 11 is 0. The summed E-state index contributed by atoms with van der Waals surface area (Å²) in [6, 6.07) is 0.954. The average Bonchev–Trinajstić information content (AvgIpc) is 2.34. The topological polar surface area (TPSA) is 80.6 Å². The van der Waals surface area contributed by atoms with Crippen LogP contribution in [0.5, 0.6) is 5.88 Å². The third-order valence-electron chi connectivity index (χ3n) is 1.17. The Hall–Kier alpha value is -1.85. The molecule has 0 atom stereocenters. The van der Waals surface area contributed by atoms with Gasteiger partial charge < -0.3 is 9.52 Å². The third-order valence-corrected chi connectivity index (χ3v) is 1.17. The molecule has 2 heterocycles. The minimum atomic E-state index is -0.471. The zero-order chi connectivity index (χ0) is 7.84. The van der Waals surface area contributed by atoms with Gasteiger partial charge in [0.1, 0.15) is 0 Å². The lowest BCUT2D eigenvalue weighted by Crippen LogP contribution is -2.12. The number of nitrogens with zero attached hydrogens (tertiary/aromatic N) is 3. The van der Waals surface area contributed by atoms with E-state index in [9.17, 15) is 4.79 Å². The van der Waals surface area contributed by atoms with Gasteiger partial charge in [0.25, 0.3) is 5.56 Å². The summed E-state index contributed by atoms with van der Waals surface area (Å²) in [5.74, 6) is -0.387. The highest BCUT2D eigenvalue weighted by molar-refractivity contribution is 5.23. The molecule has 0 amide bonds. The molecule has 2 rings (SSSR count). The van der Waals surface area contributed by atoms with Crippen LogP contribution >= 0.6 is 0 Å². The second kappa shape index (κ2) is 1.82. The standard InChI is InChI=1S/C5H3N3O3/c9-3-1-4(10)8-5(7-3)11-2-6-8/h1-2,9H. The van der Waals surface area contributed by atoms with Crippen LogP contribution in [0.1, 0.15) is 0 Å².